The van der Waals surface area contributed by atoms with Crippen LogP contribution in [0.3, 0.4) is 0 Å². The van der Waals surface area contributed by atoms with Gasteiger partial charge in [-0.15, -0.1) is 0 Å². The summed E-state index contributed by atoms with van der Waals surface area (Å²) >= 11 is 0.0287. The van der Waals surface area contributed by atoms with Crippen molar-refractivity contribution in [3.05, 3.63) is 110 Å². The Morgan fingerprint density at radius 3 is 1.49 bits per heavy atom. The van der Waals surface area contributed by atoms with Gasteiger partial charge in [0.1, 0.15) is 11.5 Å². The molecule has 1 N–H and O–H groups in total. The van der Waals surface area contributed by atoms with Crippen molar-refractivity contribution in [1.82, 2.24) is 0 Å². The number of benzene rings is 5. The molecule has 5 aromatic rings. The van der Waals surface area contributed by atoms with E-state index < -0.39 is 10.1 Å². The summed E-state index contributed by atoms with van der Waals surface area (Å²) in [5.74, 6) is 1.17. The van der Waals surface area contributed by atoms with Crippen LogP contribution in [0.25, 0.3) is 21.5 Å². The monoisotopic (exact) mass is 599 g/mol. The summed E-state index contributed by atoms with van der Waals surface area (Å²) in [5, 5.41) is 2.95. The third-order valence-corrected chi connectivity index (χ3v) is 8.82. The molecule has 5 aromatic carbocycles. The summed E-state index contributed by atoms with van der Waals surface area (Å²) in [5.41, 5.74) is 0. The number of fused-ring (bicyclic) bond motifs is 2. The zero-order valence-corrected chi connectivity index (χ0v) is 22.2. The Morgan fingerprint density at radius 2 is 1.03 bits per heavy atom. The van der Waals surface area contributed by atoms with Gasteiger partial charge >= 0.3 is 89.0 Å². The van der Waals surface area contributed by atoms with Gasteiger partial charge in [-0.1, -0.05) is 24.3 Å². The van der Waals surface area contributed by atoms with E-state index in [9.17, 15) is 13.0 Å². The molecule has 0 saturated carbocycles. The first-order chi connectivity index (χ1) is 16.9. The quantitative estimate of drug-likeness (QED) is 0.191. The number of halogens is 1. The first-order valence-corrected chi connectivity index (χ1v) is 14.3. The van der Waals surface area contributed by atoms with Crippen LogP contribution in [0.4, 0.5) is 0 Å². The fraction of sp³-hybridized carbons (Fsp3) is 0.0714. The van der Waals surface area contributed by atoms with Crippen molar-refractivity contribution in [2.75, 3.05) is 14.2 Å². The van der Waals surface area contributed by atoms with E-state index in [-0.39, 0.29) is 26.1 Å². The van der Waals surface area contributed by atoms with Gasteiger partial charge in [-0.25, -0.2) is 0 Å². The molecule has 5 rings (SSSR count). The molecule has 0 saturated heterocycles. The van der Waals surface area contributed by atoms with Crippen LogP contribution < -0.4 is 30.7 Å². The van der Waals surface area contributed by atoms with Gasteiger partial charge in [0.2, 0.25) is 0 Å². The number of hydrogen-bond acceptors (Lipinski definition) is 4. The molecule has 0 aliphatic carbocycles. The molecule has 0 aliphatic rings. The van der Waals surface area contributed by atoms with Crippen LogP contribution >= 0.6 is 0 Å². The second-order valence-electron chi connectivity index (χ2n) is 7.48. The molecule has 0 bridgehead atoms. The number of methoxy groups -OCH3 is 2. The maximum absolute atomic E-state index is 11.4. The Hall–Kier alpha value is -3.14. The fourth-order valence-corrected chi connectivity index (χ4v) is 6.54. The average molecular weight is 599 g/mol. The zero-order valence-electron chi connectivity index (χ0n) is 19.2. The van der Waals surface area contributed by atoms with Gasteiger partial charge in [-0.2, -0.15) is 8.42 Å². The number of rotatable bonds is 5. The second kappa shape index (κ2) is 11.1. The molecule has 0 heterocycles. The van der Waals surface area contributed by atoms with Crippen LogP contribution in [0, 0.1) is 7.14 Å². The van der Waals surface area contributed by atoms with Crippen LogP contribution in [-0.4, -0.2) is 27.2 Å². The normalized spacial score (nSPS) is 11.2. The second-order valence-corrected chi connectivity index (χ2v) is 11.9. The maximum atomic E-state index is 11.4. The number of ether oxygens (including phenoxy) is 2. The molecule has 0 amide bonds. The van der Waals surface area contributed by atoms with Crippen LogP contribution in [0.15, 0.2) is 108 Å². The van der Waals surface area contributed by atoms with Gasteiger partial charge in [0.05, 0.1) is 19.1 Å². The molecule has 0 spiro atoms. The van der Waals surface area contributed by atoms with Gasteiger partial charge in [0.25, 0.3) is 10.1 Å². The molecule has 180 valence electrons. The van der Waals surface area contributed by atoms with Crippen LogP contribution in [-0.2, 0) is 10.1 Å². The first-order valence-electron chi connectivity index (χ1n) is 10.7. The van der Waals surface area contributed by atoms with Crippen molar-refractivity contribution in [2.24, 2.45) is 0 Å². The topological polar surface area (TPSA) is 72.8 Å². The summed E-state index contributed by atoms with van der Waals surface area (Å²) in [6.45, 7) is 0. The van der Waals surface area contributed by atoms with Crippen LogP contribution in [0.1, 0.15) is 0 Å². The van der Waals surface area contributed by atoms with Crippen molar-refractivity contribution >= 4 is 31.7 Å². The molecule has 5 nitrogen and oxygen atoms in total. The molecular formula is C28H24IO5S-. The van der Waals surface area contributed by atoms with Gasteiger partial charge in [-0.05, 0) is 18.2 Å². The van der Waals surface area contributed by atoms with E-state index in [4.69, 9.17) is 9.47 Å². The molecule has 0 atom stereocenters. The van der Waals surface area contributed by atoms with Crippen molar-refractivity contribution in [1.29, 1.82) is 0 Å². The molecule has 0 radical (unpaired) electrons. The average Bonchev–Trinajstić information content (AvgIpc) is 2.88. The zero-order chi connectivity index (χ0) is 24.8. The summed E-state index contributed by atoms with van der Waals surface area (Å²) in [4.78, 5) is -0.185. The Labute approximate surface area is 215 Å². The van der Waals surface area contributed by atoms with Crippen molar-refractivity contribution in [3.8, 4) is 11.5 Å². The summed E-state index contributed by atoms with van der Waals surface area (Å²) in [6, 6.07) is 33.3. The predicted octanol–water partition coefficient (Wildman–Crippen LogP) is 3.07. The van der Waals surface area contributed by atoms with E-state index in [1.807, 2.05) is 24.3 Å². The minimum atomic E-state index is -4.29. The van der Waals surface area contributed by atoms with Crippen molar-refractivity contribution < 1.29 is 43.6 Å². The van der Waals surface area contributed by atoms with E-state index in [0.717, 1.165) is 10.8 Å². The summed E-state index contributed by atoms with van der Waals surface area (Å²) in [6.07, 6.45) is 0. The number of hydrogen-bond donors (Lipinski definition) is 1. The van der Waals surface area contributed by atoms with E-state index in [2.05, 4.69) is 60.7 Å². The van der Waals surface area contributed by atoms with Gasteiger partial charge in [0, 0.05) is 21.5 Å². The van der Waals surface area contributed by atoms with E-state index in [1.54, 1.807) is 13.2 Å². The summed E-state index contributed by atoms with van der Waals surface area (Å²) < 4.78 is 45.9. The van der Waals surface area contributed by atoms with E-state index in [0.29, 0.717) is 22.3 Å². The summed E-state index contributed by atoms with van der Waals surface area (Å²) in [7, 11) is -1.21. The fourth-order valence-electron chi connectivity index (χ4n) is 3.76. The Balaban J connectivity index is 0.000000189. The van der Waals surface area contributed by atoms with Crippen LogP contribution in [0.2, 0.25) is 0 Å². The third-order valence-electron chi connectivity index (χ3n) is 5.29. The van der Waals surface area contributed by atoms with Crippen molar-refractivity contribution in [2.45, 2.75) is 4.90 Å². The standard InChI is InChI=1S/C16H14O5S.C12H10I/c1-20-15-11-5-3-4-6-12(11)16(21-2)14-9-10(22(17,18)19)7-8-13(14)15;1-3-7-11(8-4-1)13-12-9-5-2-6-10-12/h3-9H,1-2H3,(H,17,18,19);1-10H/q;-1. The minimum absolute atomic E-state index is 0.0287. The Kier molecular flexibility index (Phi) is 7.90. The van der Waals surface area contributed by atoms with E-state index >= 15 is 0 Å². The van der Waals surface area contributed by atoms with Crippen LogP contribution in [0.5, 0.6) is 11.5 Å². The predicted molar refractivity (Wildman–Crippen MR) is 135 cm³/mol. The Bertz CT molecular complexity index is 1520. The first kappa shape index (κ1) is 25.0. The van der Waals surface area contributed by atoms with E-state index in [1.165, 1.54) is 26.4 Å². The third kappa shape index (κ3) is 5.75. The molecule has 0 fully saturated rings. The molecule has 35 heavy (non-hydrogen) atoms. The molecule has 0 unspecified atom stereocenters. The van der Waals surface area contributed by atoms with Gasteiger partial charge < -0.3 is 9.47 Å². The Morgan fingerprint density at radius 1 is 0.600 bits per heavy atom. The van der Waals surface area contributed by atoms with Gasteiger partial charge in [-0.3, -0.25) is 4.55 Å². The molecule has 0 aliphatic heterocycles. The SMILES string of the molecule is COc1c2ccccc2c(OC)c2cc(S(=O)(=O)O)ccc12.c1ccc([I-]c2ccccc2)cc1. The van der Waals surface area contributed by atoms with Gasteiger partial charge in [0.15, 0.2) is 0 Å². The molecular weight excluding hydrogens is 575 g/mol. The molecule has 7 heteroatoms. The van der Waals surface area contributed by atoms with Crippen molar-refractivity contribution in [3.63, 3.8) is 0 Å². The molecule has 0 aromatic heterocycles.